The Balaban J connectivity index is 2.01. The van der Waals surface area contributed by atoms with Crippen LogP contribution in [0, 0.1) is 17.8 Å². The molecule has 0 aliphatic carbocycles. The highest BCUT2D eigenvalue weighted by molar-refractivity contribution is 5.08. The van der Waals surface area contributed by atoms with E-state index in [9.17, 15) is 5.11 Å². The smallest absolute Gasteiger partial charge is 0.160 e. The van der Waals surface area contributed by atoms with Gasteiger partial charge in [0.05, 0.1) is 18.3 Å². The first-order valence-corrected chi connectivity index (χ1v) is 4.69. The van der Waals surface area contributed by atoms with E-state index in [0.717, 1.165) is 0 Å². The Labute approximate surface area is 71.7 Å². The van der Waals surface area contributed by atoms with Crippen molar-refractivity contribution in [2.45, 2.75) is 38.4 Å². The van der Waals surface area contributed by atoms with E-state index in [0.29, 0.717) is 17.9 Å². The van der Waals surface area contributed by atoms with E-state index < -0.39 is 6.29 Å². The van der Waals surface area contributed by atoms with Crippen molar-refractivity contribution in [2.75, 3.05) is 0 Å². The van der Waals surface area contributed by atoms with Gasteiger partial charge in [0.25, 0.3) is 0 Å². The summed E-state index contributed by atoms with van der Waals surface area (Å²) in [6.07, 6.45) is 0.0771. The Hall–Kier alpha value is -0.120. The lowest BCUT2D eigenvalue weighted by Gasteiger charge is -2.24. The van der Waals surface area contributed by atoms with Crippen molar-refractivity contribution in [1.29, 1.82) is 0 Å². The van der Waals surface area contributed by atoms with Crippen molar-refractivity contribution >= 4 is 0 Å². The van der Waals surface area contributed by atoms with E-state index in [-0.39, 0.29) is 18.1 Å². The number of rotatable bonds is 0. The maximum Gasteiger partial charge on any atom is 0.160 e. The Morgan fingerprint density at radius 2 is 1.67 bits per heavy atom. The average Bonchev–Trinajstić information content (AvgIpc) is 2.56. The molecule has 0 saturated carbocycles. The lowest BCUT2D eigenvalue weighted by Crippen LogP contribution is -2.35. The molecule has 3 fully saturated rings. The number of fused-ring (bicyclic) bond motifs is 1. The van der Waals surface area contributed by atoms with Gasteiger partial charge in [0, 0.05) is 11.8 Å². The summed E-state index contributed by atoms with van der Waals surface area (Å²) >= 11 is 0. The molecule has 3 rings (SSSR count). The maximum atomic E-state index is 9.58. The first-order chi connectivity index (χ1) is 5.70. The quantitative estimate of drug-likeness (QED) is 0.571. The molecule has 68 valence electrons. The standard InChI is InChI=1S/C9H14O3/c1-3-5-8-7(12-9(5)10)4(2)6(3)11-8/h3-10H,1-2H3. The second-order valence-corrected chi connectivity index (χ2v) is 4.35. The number of hydrogen-bond acceptors (Lipinski definition) is 3. The fourth-order valence-corrected chi connectivity index (χ4v) is 3.17. The average molecular weight is 170 g/mol. The topological polar surface area (TPSA) is 38.7 Å². The lowest BCUT2D eigenvalue weighted by atomic mass is 9.76. The third-order valence-corrected chi connectivity index (χ3v) is 3.81. The first-order valence-electron chi connectivity index (χ1n) is 4.69. The van der Waals surface area contributed by atoms with Gasteiger partial charge in [-0.2, -0.15) is 0 Å². The first kappa shape index (κ1) is 7.30. The van der Waals surface area contributed by atoms with Crippen molar-refractivity contribution in [1.82, 2.24) is 0 Å². The summed E-state index contributed by atoms with van der Waals surface area (Å²) in [6, 6.07) is 0. The van der Waals surface area contributed by atoms with Crippen LogP contribution in [0.4, 0.5) is 0 Å². The Kier molecular flexibility index (Phi) is 1.23. The van der Waals surface area contributed by atoms with Gasteiger partial charge in [0.15, 0.2) is 6.29 Å². The molecule has 0 aromatic heterocycles. The van der Waals surface area contributed by atoms with Crippen LogP contribution in [-0.4, -0.2) is 29.7 Å². The van der Waals surface area contributed by atoms with E-state index in [1.165, 1.54) is 0 Å². The Morgan fingerprint density at radius 3 is 2.33 bits per heavy atom. The molecule has 0 amide bonds. The van der Waals surface area contributed by atoms with Crippen molar-refractivity contribution in [3.63, 3.8) is 0 Å². The SMILES string of the molecule is CC1C2OC3C1OC(O)C3C2C. The van der Waals surface area contributed by atoms with Crippen LogP contribution in [0.2, 0.25) is 0 Å². The monoisotopic (exact) mass is 170 g/mol. The van der Waals surface area contributed by atoms with E-state index in [2.05, 4.69) is 13.8 Å². The molecule has 3 nitrogen and oxygen atoms in total. The molecular weight excluding hydrogens is 156 g/mol. The third kappa shape index (κ3) is 0.605. The Morgan fingerprint density at radius 1 is 0.917 bits per heavy atom. The fourth-order valence-electron chi connectivity index (χ4n) is 3.17. The summed E-state index contributed by atoms with van der Waals surface area (Å²) in [4.78, 5) is 0. The van der Waals surface area contributed by atoms with Crippen LogP contribution in [0.25, 0.3) is 0 Å². The van der Waals surface area contributed by atoms with Gasteiger partial charge in [0.2, 0.25) is 0 Å². The molecule has 7 unspecified atom stereocenters. The molecule has 0 aromatic rings. The van der Waals surface area contributed by atoms with Gasteiger partial charge in [-0.15, -0.1) is 0 Å². The van der Waals surface area contributed by atoms with Crippen LogP contribution in [0.15, 0.2) is 0 Å². The van der Waals surface area contributed by atoms with Crippen LogP contribution >= 0.6 is 0 Å². The molecule has 3 aliphatic heterocycles. The van der Waals surface area contributed by atoms with Gasteiger partial charge in [-0.1, -0.05) is 13.8 Å². The normalized spacial score (nSPS) is 67.8. The number of ether oxygens (including phenoxy) is 2. The van der Waals surface area contributed by atoms with Crippen LogP contribution < -0.4 is 0 Å². The maximum absolute atomic E-state index is 9.58. The summed E-state index contributed by atoms with van der Waals surface area (Å²) in [5.74, 6) is 1.15. The molecule has 3 aliphatic rings. The van der Waals surface area contributed by atoms with Gasteiger partial charge < -0.3 is 14.6 Å². The number of aliphatic hydroxyl groups excluding tert-OH is 1. The Bertz CT molecular complexity index is 214. The highest BCUT2D eigenvalue weighted by Gasteiger charge is 2.64. The molecular formula is C9H14O3. The van der Waals surface area contributed by atoms with Crippen molar-refractivity contribution in [3.05, 3.63) is 0 Å². The molecule has 0 aromatic carbocycles. The molecule has 2 bridgehead atoms. The zero-order valence-corrected chi connectivity index (χ0v) is 7.31. The molecule has 3 heterocycles. The molecule has 3 heteroatoms. The highest BCUT2D eigenvalue weighted by Crippen LogP contribution is 2.53. The highest BCUT2D eigenvalue weighted by atomic mass is 16.7. The summed E-state index contributed by atoms with van der Waals surface area (Å²) in [5, 5.41) is 9.58. The van der Waals surface area contributed by atoms with Crippen molar-refractivity contribution in [3.8, 4) is 0 Å². The van der Waals surface area contributed by atoms with Gasteiger partial charge in [0.1, 0.15) is 0 Å². The third-order valence-electron chi connectivity index (χ3n) is 3.81. The van der Waals surface area contributed by atoms with Gasteiger partial charge in [-0.05, 0) is 5.92 Å². The van der Waals surface area contributed by atoms with Crippen molar-refractivity contribution < 1.29 is 14.6 Å². The molecule has 1 N–H and O–H groups in total. The van der Waals surface area contributed by atoms with Crippen LogP contribution in [-0.2, 0) is 9.47 Å². The zero-order valence-electron chi connectivity index (χ0n) is 7.31. The van der Waals surface area contributed by atoms with Crippen molar-refractivity contribution in [2.24, 2.45) is 17.8 Å². The van der Waals surface area contributed by atoms with E-state index in [4.69, 9.17) is 9.47 Å². The van der Waals surface area contributed by atoms with Gasteiger partial charge >= 0.3 is 0 Å². The second kappa shape index (κ2) is 2.03. The minimum atomic E-state index is -0.579. The predicted octanol–water partition coefficient (Wildman–Crippen LogP) is 0.373. The van der Waals surface area contributed by atoms with Crippen LogP contribution in [0.3, 0.4) is 0 Å². The lowest BCUT2D eigenvalue weighted by molar-refractivity contribution is -0.110. The number of hydrogen-bond donors (Lipinski definition) is 1. The molecule has 7 atom stereocenters. The summed E-state index contributed by atoms with van der Waals surface area (Å²) in [6.45, 7) is 4.31. The summed E-state index contributed by atoms with van der Waals surface area (Å²) < 4.78 is 11.2. The summed E-state index contributed by atoms with van der Waals surface area (Å²) in [7, 11) is 0. The molecule has 0 radical (unpaired) electrons. The molecule has 3 saturated heterocycles. The number of aliphatic hydroxyl groups is 1. The molecule has 12 heavy (non-hydrogen) atoms. The summed E-state index contributed by atoms with van der Waals surface area (Å²) in [5.41, 5.74) is 0. The fraction of sp³-hybridized carbons (Fsp3) is 1.00. The molecule has 0 spiro atoms. The van der Waals surface area contributed by atoms with Gasteiger partial charge in [-0.25, -0.2) is 0 Å². The van der Waals surface area contributed by atoms with E-state index in [1.807, 2.05) is 0 Å². The second-order valence-electron chi connectivity index (χ2n) is 4.35. The minimum absolute atomic E-state index is 0.159. The van der Waals surface area contributed by atoms with Crippen LogP contribution in [0.1, 0.15) is 13.8 Å². The largest absolute Gasteiger partial charge is 0.371 e. The predicted molar refractivity (Wildman–Crippen MR) is 41.4 cm³/mol. The van der Waals surface area contributed by atoms with E-state index in [1.54, 1.807) is 0 Å². The van der Waals surface area contributed by atoms with E-state index >= 15 is 0 Å². The zero-order chi connectivity index (χ0) is 8.46. The van der Waals surface area contributed by atoms with Crippen LogP contribution in [0.5, 0.6) is 0 Å². The minimum Gasteiger partial charge on any atom is -0.371 e. The van der Waals surface area contributed by atoms with Gasteiger partial charge in [-0.3, -0.25) is 0 Å².